The van der Waals surface area contributed by atoms with Gasteiger partial charge in [-0.15, -0.1) is 0 Å². The van der Waals surface area contributed by atoms with Crippen LogP contribution < -0.4 is 11.1 Å². The summed E-state index contributed by atoms with van der Waals surface area (Å²) < 4.78 is 5.41. The van der Waals surface area contributed by atoms with Crippen molar-refractivity contribution in [1.29, 1.82) is 0 Å². The van der Waals surface area contributed by atoms with Crippen molar-refractivity contribution in [2.75, 3.05) is 12.4 Å². The van der Waals surface area contributed by atoms with Crippen molar-refractivity contribution in [3.05, 3.63) is 17.5 Å². The van der Waals surface area contributed by atoms with Gasteiger partial charge in [0.25, 0.3) is 5.91 Å². The molecule has 6 heteroatoms. The number of aromatic nitrogens is 2. The monoisotopic (exact) mass is 334 g/mol. The first kappa shape index (κ1) is 18.6. The summed E-state index contributed by atoms with van der Waals surface area (Å²) in [5, 5.41) is 3.40. The number of anilines is 1. The highest BCUT2D eigenvalue weighted by Gasteiger charge is 2.22. The van der Waals surface area contributed by atoms with E-state index in [1.165, 1.54) is 0 Å². The number of methoxy groups -OCH3 is 1. The summed E-state index contributed by atoms with van der Waals surface area (Å²) in [6.07, 6.45) is 6.82. The number of ether oxygens (including phenoxy) is 1. The zero-order valence-electron chi connectivity index (χ0n) is 15.2. The van der Waals surface area contributed by atoms with Crippen molar-refractivity contribution in [2.24, 2.45) is 17.6 Å². The Hall–Kier alpha value is -1.69. The predicted molar refractivity (Wildman–Crippen MR) is 94.9 cm³/mol. The van der Waals surface area contributed by atoms with Gasteiger partial charge in [0.1, 0.15) is 0 Å². The lowest BCUT2D eigenvalue weighted by molar-refractivity contribution is 0.0681. The molecule has 0 aliphatic heterocycles. The largest absolute Gasteiger partial charge is 0.381 e. The zero-order valence-corrected chi connectivity index (χ0v) is 15.2. The molecule has 1 aliphatic rings. The highest BCUT2D eigenvalue weighted by molar-refractivity contribution is 5.93. The third-order valence-corrected chi connectivity index (χ3v) is 5.13. The lowest BCUT2D eigenvalue weighted by Gasteiger charge is -2.28. The van der Waals surface area contributed by atoms with Crippen LogP contribution in [0.25, 0.3) is 0 Å². The molecule has 1 saturated carbocycles. The molecule has 1 aromatic heterocycles. The number of hydrogen-bond acceptors (Lipinski definition) is 5. The van der Waals surface area contributed by atoms with Gasteiger partial charge in [0.2, 0.25) is 5.95 Å². The number of carbonyl (C=O) groups is 1. The number of rotatable bonds is 7. The number of amides is 1. The van der Waals surface area contributed by atoms with Gasteiger partial charge in [-0.3, -0.25) is 4.79 Å². The standard InChI is InChI=1S/C18H30N4O2/c1-11(2)12(3)9-16-15(17(19)23)10-20-18(22-16)21-13-5-7-14(24-4)8-6-13/h10-14H,5-9H2,1-4H3,(H2,19,23)(H,20,21,22)/t12-,13?,14?/m1/s1. The molecule has 1 aromatic rings. The van der Waals surface area contributed by atoms with E-state index in [2.05, 4.69) is 36.1 Å². The Kier molecular flexibility index (Phi) is 6.54. The van der Waals surface area contributed by atoms with Gasteiger partial charge in [0, 0.05) is 19.3 Å². The average Bonchev–Trinajstić information content (AvgIpc) is 2.55. The van der Waals surface area contributed by atoms with Crippen LogP contribution in [0.4, 0.5) is 5.95 Å². The van der Waals surface area contributed by atoms with Gasteiger partial charge in [-0.1, -0.05) is 20.8 Å². The fourth-order valence-electron chi connectivity index (χ4n) is 3.01. The first-order chi connectivity index (χ1) is 11.4. The Morgan fingerprint density at radius 1 is 1.33 bits per heavy atom. The van der Waals surface area contributed by atoms with Gasteiger partial charge in [0.15, 0.2) is 0 Å². The van der Waals surface area contributed by atoms with Crippen LogP contribution in [0.1, 0.15) is 62.5 Å². The molecule has 2 rings (SSSR count). The molecular formula is C18H30N4O2. The van der Waals surface area contributed by atoms with E-state index in [4.69, 9.17) is 10.5 Å². The minimum absolute atomic E-state index is 0.353. The molecule has 134 valence electrons. The van der Waals surface area contributed by atoms with Crippen LogP contribution in [0.15, 0.2) is 6.20 Å². The van der Waals surface area contributed by atoms with Gasteiger partial charge in [-0.05, 0) is 43.9 Å². The molecule has 0 radical (unpaired) electrons. The van der Waals surface area contributed by atoms with Crippen molar-refractivity contribution in [3.63, 3.8) is 0 Å². The van der Waals surface area contributed by atoms with E-state index in [9.17, 15) is 4.79 Å². The summed E-state index contributed by atoms with van der Waals surface area (Å²) in [6, 6.07) is 0.353. The summed E-state index contributed by atoms with van der Waals surface area (Å²) in [4.78, 5) is 20.5. The molecule has 0 bridgehead atoms. The van der Waals surface area contributed by atoms with E-state index < -0.39 is 5.91 Å². The minimum Gasteiger partial charge on any atom is -0.381 e. The molecule has 1 atom stereocenters. The second-order valence-electron chi connectivity index (χ2n) is 7.20. The molecular weight excluding hydrogens is 304 g/mol. The molecule has 0 spiro atoms. The van der Waals surface area contributed by atoms with E-state index in [-0.39, 0.29) is 0 Å². The Balaban J connectivity index is 2.09. The molecule has 1 amide bonds. The van der Waals surface area contributed by atoms with Crippen LogP contribution >= 0.6 is 0 Å². The first-order valence-corrected chi connectivity index (χ1v) is 8.85. The van der Waals surface area contributed by atoms with E-state index in [1.54, 1.807) is 13.3 Å². The lowest BCUT2D eigenvalue weighted by atomic mass is 9.92. The van der Waals surface area contributed by atoms with E-state index in [0.29, 0.717) is 35.5 Å². The Morgan fingerprint density at radius 3 is 2.54 bits per heavy atom. The van der Waals surface area contributed by atoms with E-state index in [0.717, 1.165) is 37.8 Å². The summed E-state index contributed by atoms with van der Waals surface area (Å²) in [5.74, 6) is 1.06. The van der Waals surface area contributed by atoms with Crippen LogP contribution in [0.2, 0.25) is 0 Å². The third-order valence-electron chi connectivity index (χ3n) is 5.13. The SMILES string of the molecule is COC1CCC(Nc2ncc(C(N)=O)c(C[C@@H](C)C(C)C)n2)CC1. The van der Waals surface area contributed by atoms with E-state index in [1.807, 2.05) is 0 Å². The third kappa shape index (κ3) is 4.90. The van der Waals surface area contributed by atoms with Crippen molar-refractivity contribution < 1.29 is 9.53 Å². The van der Waals surface area contributed by atoms with Crippen molar-refractivity contribution >= 4 is 11.9 Å². The van der Waals surface area contributed by atoms with Crippen LogP contribution in [-0.4, -0.2) is 35.1 Å². The van der Waals surface area contributed by atoms with Crippen molar-refractivity contribution in [1.82, 2.24) is 9.97 Å². The Labute approximate surface area is 144 Å². The maximum atomic E-state index is 11.7. The number of primary amides is 1. The molecule has 3 N–H and O–H groups in total. The summed E-state index contributed by atoms with van der Waals surface area (Å²) >= 11 is 0. The van der Waals surface area contributed by atoms with E-state index >= 15 is 0 Å². The second kappa shape index (κ2) is 8.42. The normalized spacial score (nSPS) is 22.4. The smallest absolute Gasteiger partial charge is 0.252 e. The average molecular weight is 334 g/mol. The van der Waals surface area contributed by atoms with Crippen LogP contribution in [-0.2, 0) is 11.2 Å². The Morgan fingerprint density at radius 2 is 2.00 bits per heavy atom. The van der Waals surface area contributed by atoms with Gasteiger partial charge in [0.05, 0.1) is 17.4 Å². The quantitative estimate of drug-likeness (QED) is 0.800. The van der Waals surface area contributed by atoms with Gasteiger partial charge in [-0.25, -0.2) is 9.97 Å². The van der Waals surface area contributed by atoms with Crippen LogP contribution in [0.5, 0.6) is 0 Å². The molecule has 1 heterocycles. The summed E-state index contributed by atoms with van der Waals surface area (Å²) in [7, 11) is 1.77. The predicted octanol–water partition coefficient (Wildman–Crippen LogP) is 2.78. The maximum absolute atomic E-state index is 11.7. The van der Waals surface area contributed by atoms with Crippen LogP contribution in [0, 0.1) is 11.8 Å². The minimum atomic E-state index is -0.465. The Bertz CT molecular complexity index is 554. The molecule has 0 aromatic carbocycles. The molecule has 1 aliphatic carbocycles. The van der Waals surface area contributed by atoms with Crippen LogP contribution in [0.3, 0.4) is 0 Å². The number of nitrogens with zero attached hydrogens (tertiary/aromatic N) is 2. The number of nitrogens with two attached hydrogens (primary N) is 1. The number of nitrogens with one attached hydrogen (secondary N) is 1. The fourth-order valence-corrected chi connectivity index (χ4v) is 3.01. The second-order valence-corrected chi connectivity index (χ2v) is 7.20. The molecule has 24 heavy (non-hydrogen) atoms. The van der Waals surface area contributed by atoms with Crippen molar-refractivity contribution in [3.8, 4) is 0 Å². The van der Waals surface area contributed by atoms with Gasteiger partial charge >= 0.3 is 0 Å². The fraction of sp³-hybridized carbons (Fsp3) is 0.722. The van der Waals surface area contributed by atoms with Crippen molar-refractivity contribution in [2.45, 2.75) is 65.0 Å². The summed E-state index contributed by atoms with van der Waals surface area (Å²) in [6.45, 7) is 6.50. The maximum Gasteiger partial charge on any atom is 0.252 e. The van der Waals surface area contributed by atoms with Gasteiger partial charge < -0.3 is 15.8 Å². The highest BCUT2D eigenvalue weighted by Crippen LogP contribution is 2.24. The topological polar surface area (TPSA) is 90.1 Å². The highest BCUT2D eigenvalue weighted by atomic mass is 16.5. The number of carbonyl (C=O) groups excluding carboxylic acids is 1. The number of hydrogen-bond donors (Lipinski definition) is 2. The summed E-state index contributed by atoms with van der Waals surface area (Å²) in [5.41, 5.74) is 6.65. The van der Waals surface area contributed by atoms with Gasteiger partial charge in [-0.2, -0.15) is 0 Å². The molecule has 0 saturated heterocycles. The molecule has 1 fully saturated rings. The molecule has 0 unspecified atom stereocenters. The first-order valence-electron chi connectivity index (χ1n) is 8.85. The zero-order chi connectivity index (χ0) is 17.7. The lowest BCUT2D eigenvalue weighted by Crippen LogP contribution is -2.30. The molecule has 6 nitrogen and oxygen atoms in total.